The lowest BCUT2D eigenvalue weighted by Gasteiger charge is -2.38. The van der Waals surface area contributed by atoms with Crippen LogP contribution in [0, 0.1) is 0 Å². The van der Waals surface area contributed by atoms with Gasteiger partial charge in [0.1, 0.15) is 12.0 Å². The third-order valence-electron chi connectivity index (χ3n) is 3.91. The Morgan fingerprint density at radius 2 is 1.76 bits per heavy atom. The van der Waals surface area contributed by atoms with Crippen molar-refractivity contribution in [2.24, 2.45) is 0 Å². The Morgan fingerprint density at radius 3 is 2.41 bits per heavy atom. The molecule has 0 unspecified atom stereocenters. The van der Waals surface area contributed by atoms with Crippen molar-refractivity contribution in [1.82, 2.24) is 0 Å². The van der Waals surface area contributed by atoms with E-state index in [1.165, 1.54) is 0 Å². The van der Waals surface area contributed by atoms with Crippen LogP contribution in [0.4, 0.5) is 0 Å². The molecule has 2 aromatic carbocycles. The van der Waals surface area contributed by atoms with E-state index in [0.29, 0.717) is 0 Å². The maximum absolute atomic E-state index is 11.4. The number of carbonyl (C=O) groups is 1. The fourth-order valence-electron chi connectivity index (χ4n) is 2.74. The van der Waals surface area contributed by atoms with E-state index in [2.05, 4.69) is 0 Å². The van der Waals surface area contributed by atoms with Crippen LogP contribution in [0.15, 0.2) is 36.4 Å². The Morgan fingerprint density at radius 1 is 1.06 bits per heavy atom. The molecule has 2 nitrogen and oxygen atoms in total. The Labute approximate surface area is 99.9 Å². The molecule has 0 aliphatic heterocycles. The van der Waals surface area contributed by atoms with Gasteiger partial charge >= 0.3 is 0 Å². The molecule has 0 heterocycles. The molecule has 17 heavy (non-hydrogen) atoms. The van der Waals surface area contributed by atoms with Gasteiger partial charge in [-0.25, -0.2) is 0 Å². The summed E-state index contributed by atoms with van der Waals surface area (Å²) in [4.78, 5) is 11.4. The number of aldehydes is 1. The first-order chi connectivity index (χ1) is 8.27. The number of carbonyl (C=O) groups excluding carboxylic acids is 1. The lowest BCUT2D eigenvalue weighted by molar-refractivity contribution is -0.115. The minimum Gasteiger partial charge on any atom is -0.507 e. The molecule has 1 aliphatic carbocycles. The largest absolute Gasteiger partial charge is 0.507 e. The fourth-order valence-corrected chi connectivity index (χ4v) is 2.74. The van der Waals surface area contributed by atoms with Crippen LogP contribution in [0.25, 0.3) is 10.8 Å². The van der Waals surface area contributed by atoms with Crippen LogP contribution in [-0.4, -0.2) is 11.4 Å². The number of hydrogen-bond donors (Lipinski definition) is 1. The van der Waals surface area contributed by atoms with Gasteiger partial charge < -0.3 is 9.90 Å². The van der Waals surface area contributed by atoms with Gasteiger partial charge in [0.15, 0.2) is 0 Å². The molecule has 1 saturated carbocycles. The molecule has 0 spiro atoms. The molecule has 0 radical (unpaired) electrons. The van der Waals surface area contributed by atoms with Crippen LogP contribution < -0.4 is 0 Å². The van der Waals surface area contributed by atoms with E-state index in [1.807, 2.05) is 30.3 Å². The summed E-state index contributed by atoms with van der Waals surface area (Å²) in [6, 6.07) is 11.3. The van der Waals surface area contributed by atoms with Crippen LogP contribution in [-0.2, 0) is 10.2 Å². The number of aromatic hydroxyl groups is 1. The van der Waals surface area contributed by atoms with Crippen molar-refractivity contribution in [3.8, 4) is 5.75 Å². The molecular formula is C15H14O2. The molecule has 0 saturated heterocycles. The van der Waals surface area contributed by atoms with Gasteiger partial charge in [0.2, 0.25) is 0 Å². The van der Waals surface area contributed by atoms with Gasteiger partial charge in [-0.05, 0) is 29.9 Å². The molecular weight excluding hydrogens is 212 g/mol. The van der Waals surface area contributed by atoms with E-state index in [9.17, 15) is 9.90 Å². The van der Waals surface area contributed by atoms with E-state index in [4.69, 9.17) is 0 Å². The zero-order chi connectivity index (χ0) is 11.9. The highest BCUT2D eigenvalue weighted by molar-refractivity contribution is 5.94. The lowest BCUT2D eigenvalue weighted by atomic mass is 9.64. The molecule has 0 atom stereocenters. The first-order valence-electron chi connectivity index (χ1n) is 5.94. The maximum atomic E-state index is 11.4. The molecule has 0 amide bonds. The van der Waals surface area contributed by atoms with Crippen LogP contribution in [0.1, 0.15) is 24.8 Å². The predicted octanol–water partition coefficient (Wildman–Crippen LogP) is 3.17. The molecule has 1 N–H and O–H groups in total. The monoisotopic (exact) mass is 226 g/mol. The second-order valence-electron chi connectivity index (χ2n) is 4.81. The van der Waals surface area contributed by atoms with Gasteiger partial charge in [-0.1, -0.05) is 36.8 Å². The highest BCUT2D eigenvalue weighted by Crippen LogP contribution is 2.45. The molecule has 3 rings (SSSR count). The van der Waals surface area contributed by atoms with Crippen LogP contribution in [0.5, 0.6) is 5.75 Å². The molecule has 0 aromatic heterocycles. The van der Waals surface area contributed by atoms with Crippen LogP contribution in [0.3, 0.4) is 0 Å². The van der Waals surface area contributed by atoms with E-state index in [-0.39, 0.29) is 11.2 Å². The topological polar surface area (TPSA) is 37.3 Å². The highest BCUT2D eigenvalue weighted by atomic mass is 16.3. The predicted molar refractivity (Wildman–Crippen MR) is 67.2 cm³/mol. The van der Waals surface area contributed by atoms with E-state index >= 15 is 0 Å². The molecule has 86 valence electrons. The van der Waals surface area contributed by atoms with Crippen molar-refractivity contribution in [3.63, 3.8) is 0 Å². The Hall–Kier alpha value is -1.83. The molecule has 1 aliphatic rings. The summed E-state index contributed by atoms with van der Waals surface area (Å²) in [6.07, 6.45) is 4.03. The van der Waals surface area contributed by atoms with Gasteiger partial charge in [0.05, 0.1) is 5.41 Å². The van der Waals surface area contributed by atoms with Crippen molar-refractivity contribution in [2.45, 2.75) is 24.7 Å². The van der Waals surface area contributed by atoms with E-state index in [1.54, 1.807) is 6.07 Å². The van der Waals surface area contributed by atoms with Crippen molar-refractivity contribution in [3.05, 3.63) is 42.0 Å². The summed E-state index contributed by atoms with van der Waals surface area (Å²) in [6.45, 7) is 0. The lowest BCUT2D eigenvalue weighted by Crippen LogP contribution is -2.35. The fraction of sp³-hybridized carbons (Fsp3) is 0.267. The third kappa shape index (κ3) is 1.37. The Kier molecular flexibility index (Phi) is 2.18. The highest BCUT2D eigenvalue weighted by Gasteiger charge is 2.39. The summed E-state index contributed by atoms with van der Waals surface area (Å²) >= 11 is 0. The van der Waals surface area contributed by atoms with Crippen LogP contribution in [0.2, 0.25) is 0 Å². The Balaban J connectivity index is 2.30. The standard InChI is InChI=1S/C15H14O2/c16-10-15(8-3-9-15)13-6-1-5-12-11(13)4-2-7-14(12)17/h1-2,4-7,10,17H,3,8-9H2. The first kappa shape index (κ1) is 10.3. The van der Waals surface area contributed by atoms with Gasteiger partial charge in [-0.2, -0.15) is 0 Å². The minimum atomic E-state index is -0.312. The smallest absolute Gasteiger partial charge is 0.130 e. The van der Waals surface area contributed by atoms with E-state index < -0.39 is 0 Å². The van der Waals surface area contributed by atoms with Crippen molar-refractivity contribution < 1.29 is 9.90 Å². The number of phenolic OH excluding ortho intramolecular Hbond substituents is 1. The SMILES string of the molecule is O=CC1(c2cccc3c(O)cccc23)CCC1. The summed E-state index contributed by atoms with van der Waals surface area (Å²) in [5.41, 5.74) is 0.750. The molecule has 1 fully saturated rings. The Bertz CT molecular complexity index is 582. The normalized spacial score (nSPS) is 17.6. The third-order valence-corrected chi connectivity index (χ3v) is 3.91. The number of benzene rings is 2. The van der Waals surface area contributed by atoms with E-state index in [0.717, 1.165) is 41.9 Å². The number of fused-ring (bicyclic) bond motifs is 1. The molecule has 0 bridgehead atoms. The summed E-state index contributed by atoms with van der Waals surface area (Å²) in [7, 11) is 0. The molecule has 2 heteroatoms. The quantitative estimate of drug-likeness (QED) is 0.798. The summed E-state index contributed by atoms with van der Waals surface area (Å²) in [5.74, 6) is 0.282. The summed E-state index contributed by atoms with van der Waals surface area (Å²) < 4.78 is 0. The van der Waals surface area contributed by atoms with Gasteiger partial charge in [0, 0.05) is 5.39 Å². The average Bonchev–Trinajstić information content (AvgIpc) is 2.30. The second-order valence-corrected chi connectivity index (χ2v) is 4.81. The first-order valence-corrected chi connectivity index (χ1v) is 5.94. The van der Waals surface area contributed by atoms with Gasteiger partial charge in [-0.3, -0.25) is 0 Å². The van der Waals surface area contributed by atoms with Crippen molar-refractivity contribution >= 4 is 17.1 Å². The number of phenols is 1. The minimum absolute atomic E-state index is 0.282. The van der Waals surface area contributed by atoms with Crippen LogP contribution >= 0.6 is 0 Å². The maximum Gasteiger partial charge on any atom is 0.130 e. The zero-order valence-corrected chi connectivity index (χ0v) is 9.52. The number of hydrogen-bond acceptors (Lipinski definition) is 2. The van der Waals surface area contributed by atoms with Crippen molar-refractivity contribution in [2.75, 3.05) is 0 Å². The average molecular weight is 226 g/mol. The second kappa shape index (κ2) is 3.59. The van der Waals surface area contributed by atoms with Gasteiger partial charge in [-0.15, -0.1) is 0 Å². The zero-order valence-electron chi connectivity index (χ0n) is 9.52. The summed E-state index contributed by atoms with van der Waals surface area (Å²) in [5, 5.41) is 11.7. The number of rotatable bonds is 2. The van der Waals surface area contributed by atoms with Crippen molar-refractivity contribution in [1.29, 1.82) is 0 Å². The molecule has 2 aromatic rings. The van der Waals surface area contributed by atoms with Gasteiger partial charge in [0.25, 0.3) is 0 Å².